The van der Waals surface area contributed by atoms with Gasteiger partial charge in [0.15, 0.2) is 0 Å². The average Bonchev–Trinajstić information content (AvgIpc) is 2.54. The first kappa shape index (κ1) is 15.7. The molecule has 1 aromatic rings. The van der Waals surface area contributed by atoms with Gasteiger partial charge in [-0.15, -0.1) is 0 Å². The molecule has 114 valence electrons. The van der Waals surface area contributed by atoms with E-state index >= 15 is 0 Å². The fourth-order valence-corrected chi connectivity index (χ4v) is 2.66. The summed E-state index contributed by atoms with van der Waals surface area (Å²) in [6.07, 6.45) is 2.23. The number of carbonyl (C=O) groups excluding carboxylic acids is 2. The molecule has 1 unspecified atom stereocenters. The van der Waals surface area contributed by atoms with E-state index in [2.05, 4.69) is 15.5 Å². The molecule has 1 fully saturated rings. The lowest BCUT2D eigenvalue weighted by Crippen LogP contribution is -2.50. The topological polar surface area (TPSA) is 61.4 Å². The van der Waals surface area contributed by atoms with Gasteiger partial charge in [-0.05, 0) is 38.1 Å². The highest BCUT2D eigenvalue weighted by Crippen LogP contribution is 2.09. The molecule has 1 aromatic carbocycles. The van der Waals surface area contributed by atoms with Crippen LogP contribution in [0.5, 0.6) is 0 Å². The van der Waals surface area contributed by atoms with Gasteiger partial charge in [0.05, 0.1) is 6.54 Å². The number of nitrogens with one attached hydrogen (secondary N) is 2. The van der Waals surface area contributed by atoms with Crippen molar-refractivity contribution in [3.8, 4) is 0 Å². The standard InChI is InChI=1S/C16H23N3O2/c1-2-19(14-9-6-10-17-11-14)12-15(20)18-16(21)13-7-4-3-5-8-13/h3-5,7-8,14,17H,2,6,9-12H2,1H3,(H,18,20,21). The fourth-order valence-electron chi connectivity index (χ4n) is 2.66. The SMILES string of the molecule is CCN(CC(=O)NC(=O)c1ccccc1)C1CCCNC1. The summed E-state index contributed by atoms with van der Waals surface area (Å²) in [4.78, 5) is 26.1. The highest BCUT2D eigenvalue weighted by molar-refractivity contribution is 6.05. The second kappa shape index (κ2) is 7.90. The molecule has 1 heterocycles. The molecule has 5 nitrogen and oxygen atoms in total. The van der Waals surface area contributed by atoms with E-state index in [1.165, 1.54) is 0 Å². The predicted octanol–water partition coefficient (Wildman–Crippen LogP) is 1.02. The van der Waals surface area contributed by atoms with Gasteiger partial charge in [0.2, 0.25) is 5.91 Å². The zero-order valence-corrected chi connectivity index (χ0v) is 12.5. The summed E-state index contributed by atoms with van der Waals surface area (Å²) in [6, 6.07) is 9.18. The van der Waals surface area contributed by atoms with Crippen molar-refractivity contribution in [2.24, 2.45) is 0 Å². The highest BCUT2D eigenvalue weighted by Gasteiger charge is 2.22. The molecule has 0 aliphatic carbocycles. The molecule has 1 saturated heterocycles. The number of amides is 2. The number of imide groups is 1. The zero-order chi connectivity index (χ0) is 15.1. The lowest BCUT2D eigenvalue weighted by atomic mass is 10.1. The fraction of sp³-hybridized carbons (Fsp3) is 0.500. The summed E-state index contributed by atoms with van der Waals surface area (Å²) in [5, 5.41) is 5.81. The number of rotatable bonds is 5. The van der Waals surface area contributed by atoms with Gasteiger partial charge in [0.1, 0.15) is 0 Å². The van der Waals surface area contributed by atoms with Gasteiger partial charge in [0, 0.05) is 18.2 Å². The number of hydrogen-bond acceptors (Lipinski definition) is 4. The zero-order valence-electron chi connectivity index (χ0n) is 12.5. The molecule has 5 heteroatoms. The number of hydrogen-bond donors (Lipinski definition) is 2. The average molecular weight is 289 g/mol. The van der Waals surface area contributed by atoms with Crippen molar-refractivity contribution >= 4 is 11.8 Å². The van der Waals surface area contributed by atoms with E-state index in [0.29, 0.717) is 11.6 Å². The number of piperidine rings is 1. The van der Waals surface area contributed by atoms with Gasteiger partial charge >= 0.3 is 0 Å². The van der Waals surface area contributed by atoms with Crippen LogP contribution in [-0.2, 0) is 4.79 Å². The third kappa shape index (κ3) is 4.65. The predicted molar refractivity (Wildman–Crippen MR) is 82.1 cm³/mol. The molecule has 2 rings (SSSR count). The van der Waals surface area contributed by atoms with Crippen LogP contribution in [0.4, 0.5) is 0 Å². The van der Waals surface area contributed by atoms with E-state index in [1.54, 1.807) is 24.3 Å². The van der Waals surface area contributed by atoms with Crippen LogP contribution in [0.15, 0.2) is 30.3 Å². The lowest BCUT2D eigenvalue weighted by Gasteiger charge is -2.33. The monoisotopic (exact) mass is 289 g/mol. The van der Waals surface area contributed by atoms with Crippen LogP contribution in [0.25, 0.3) is 0 Å². The molecule has 2 N–H and O–H groups in total. The molecule has 0 saturated carbocycles. The quantitative estimate of drug-likeness (QED) is 0.849. The number of likely N-dealkylation sites (N-methyl/N-ethyl adjacent to an activating group) is 1. The maximum atomic E-state index is 12.0. The first-order chi connectivity index (χ1) is 10.2. The molecular formula is C16H23N3O2. The van der Waals surface area contributed by atoms with Gasteiger partial charge in [0.25, 0.3) is 5.91 Å². The third-order valence-corrected chi connectivity index (χ3v) is 3.83. The lowest BCUT2D eigenvalue weighted by molar-refractivity contribution is -0.121. The van der Waals surface area contributed by atoms with Gasteiger partial charge in [-0.1, -0.05) is 25.1 Å². The molecule has 0 radical (unpaired) electrons. The van der Waals surface area contributed by atoms with E-state index in [4.69, 9.17) is 0 Å². The molecule has 0 bridgehead atoms. The maximum Gasteiger partial charge on any atom is 0.257 e. The normalized spacial score (nSPS) is 18.5. The molecule has 1 aliphatic rings. The van der Waals surface area contributed by atoms with Crippen molar-refractivity contribution in [1.29, 1.82) is 0 Å². The van der Waals surface area contributed by atoms with Crippen LogP contribution in [0.3, 0.4) is 0 Å². The van der Waals surface area contributed by atoms with Crippen LogP contribution >= 0.6 is 0 Å². The molecule has 1 atom stereocenters. The van der Waals surface area contributed by atoms with E-state index < -0.39 is 0 Å². The second-order valence-corrected chi connectivity index (χ2v) is 5.31. The first-order valence-corrected chi connectivity index (χ1v) is 7.54. The Morgan fingerprint density at radius 2 is 2.10 bits per heavy atom. The van der Waals surface area contributed by atoms with E-state index in [1.807, 2.05) is 13.0 Å². The second-order valence-electron chi connectivity index (χ2n) is 5.31. The Bertz CT molecular complexity index is 470. The maximum absolute atomic E-state index is 12.0. The van der Waals surface area contributed by atoms with Crippen LogP contribution in [0, 0.1) is 0 Å². The van der Waals surface area contributed by atoms with Gasteiger partial charge in [-0.3, -0.25) is 19.8 Å². The van der Waals surface area contributed by atoms with Gasteiger partial charge in [-0.2, -0.15) is 0 Å². The van der Waals surface area contributed by atoms with Crippen LogP contribution in [-0.4, -0.2) is 48.9 Å². The minimum Gasteiger partial charge on any atom is -0.315 e. The summed E-state index contributed by atoms with van der Waals surface area (Å²) in [6.45, 7) is 5.07. The molecule has 0 aromatic heterocycles. The molecule has 2 amide bonds. The van der Waals surface area contributed by atoms with Crippen LogP contribution < -0.4 is 10.6 Å². The van der Waals surface area contributed by atoms with Gasteiger partial charge in [-0.25, -0.2) is 0 Å². The van der Waals surface area contributed by atoms with Crippen molar-refractivity contribution in [3.63, 3.8) is 0 Å². The number of nitrogens with zero attached hydrogens (tertiary/aromatic N) is 1. The van der Waals surface area contributed by atoms with E-state index in [0.717, 1.165) is 32.5 Å². The Hall–Kier alpha value is -1.72. The minimum atomic E-state index is -0.335. The molecule has 21 heavy (non-hydrogen) atoms. The largest absolute Gasteiger partial charge is 0.315 e. The Labute approximate surface area is 125 Å². The molecule has 1 aliphatic heterocycles. The van der Waals surface area contributed by atoms with Crippen molar-refractivity contribution < 1.29 is 9.59 Å². The summed E-state index contributed by atoms with van der Waals surface area (Å²) in [5.74, 6) is -0.574. The highest BCUT2D eigenvalue weighted by atomic mass is 16.2. The smallest absolute Gasteiger partial charge is 0.257 e. The van der Waals surface area contributed by atoms with E-state index in [9.17, 15) is 9.59 Å². The molecular weight excluding hydrogens is 266 g/mol. The van der Waals surface area contributed by atoms with Crippen molar-refractivity contribution in [2.45, 2.75) is 25.8 Å². The number of benzene rings is 1. The third-order valence-electron chi connectivity index (χ3n) is 3.83. The first-order valence-electron chi connectivity index (χ1n) is 7.54. The van der Waals surface area contributed by atoms with Crippen molar-refractivity contribution in [2.75, 3.05) is 26.2 Å². The summed E-state index contributed by atoms with van der Waals surface area (Å²) in [5.41, 5.74) is 0.508. The van der Waals surface area contributed by atoms with Crippen molar-refractivity contribution in [1.82, 2.24) is 15.5 Å². The Morgan fingerprint density at radius 3 is 2.71 bits per heavy atom. The minimum absolute atomic E-state index is 0.240. The Balaban J connectivity index is 1.86. The van der Waals surface area contributed by atoms with Crippen molar-refractivity contribution in [3.05, 3.63) is 35.9 Å². The van der Waals surface area contributed by atoms with Crippen LogP contribution in [0.2, 0.25) is 0 Å². The Morgan fingerprint density at radius 1 is 1.33 bits per heavy atom. The molecule has 0 spiro atoms. The number of carbonyl (C=O) groups is 2. The summed E-state index contributed by atoms with van der Waals surface area (Å²) < 4.78 is 0. The summed E-state index contributed by atoms with van der Waals surface area (Å²) >= 11 is 0. The van der Waals surface area contributed by atoms with E-state index in [-0.39, 0.29) is 18.4 Å². The summed E-state index contributed by atoms with van der Waals surface area (Å²) in [7, 11) is 0. The van der Waals surface area contributed by atoms with Gasteiger partial charge < -0.3 is 5.32 Å². The van der Waals surface area contributed by atoms with Crippen LogP contribution in [0.1, 0.15) is 30.1 Å². The Kier molecular flexibility index (Phi) is 5.90.